The Kier molecular flexibility index (Phi) is 4.76. The maximum Gasteiger partial charge on any atom is 0.151 e. The minimum Gasteiger partial charge on any atom is -0.330 e. The summed E-state index contributed by atoms with van der Waals surface area (Å²) in [6, 6.07) is 0.192. The molecular formula is C11H24N2O2S. The van der Waals surface area contributed by atoms with Crippen LogP contribution >= 0.6 is 0 Å². The van der Waals surface area contributed by atoms with Crippen LogP contribution in [0.4, 0.5) is 0 Å². The fourth-order valence-electron chi connectivity index (χ4n) is 2.20. The average Bonchev–Trinajstić information content (AvgIpc) is 2.54. The van der Waals surface area contributed by atoms with Gasteiger partial charge in [0, 0.05) is 12.6 Å². The van der Waals surface area contributed by atoms with Crippen LogP contribution in [0.15, 0.2) is 0 Å². The molecule has 0 aromatic carbocycles. The molecule has 2 unspecified atom stereocenters. The minimum atomic E-state index is -2.78. The first-order valence-electron chi connectivity index (χ1n) is 5.96. The molecule has 0 radical (unpaired) electrons. The lowest BCUT2D eigenvalue weighted by Gasteiger charge is -2.29. The molecule has 0 bridgehead atoms. The summed E-state index contributed by atoms with van der Waals surface area (Å²) in [5.41, 5.74) is 5.73. The van der Waals surface area contributed by atoms with Crippen LogP contribution in [0.25, 0.3) is 0 Å². The van der Waals surface area contributed by atoms with E-state index in [1.165, 1.54) is 0 Å². The van der Waals surface area contributed by atoms with E-state index in [1.807, 2.05) is 7.05 Å². The van der Waals surface area contributed by atoms with Crippen LogP contribution in [0.1, 0.15) is 20.3 Å². The predicted molar refractivity (Wildman–Crippen MR) is 67.1 cm³/mol. The summed E-state index contributed by atoms with van der Waals surface area (Å²) in [5, 5.41) is 0. The fourth-order valence-corrected chi connectivity index (χ4v) is 4.00. The predicted octanol–water partition coefficient (Wildman–Crippen LogP) is 0.336. The first-order chi connectivity index (χ1) is 7.35. The summed E-state index contributed by atoms with van der Waals surface area (Å²) in [4.78, 5) is 2.17. The van der Waals surface area contributed by atoms with Crippen molar-refractivity contribution in [3.05, 3.63) is 0 Å². The van der Waals surface area contributed by atoms with Gasteiger partial charge >= 0.3 is 0 Å². The zero-order valence-electron chi connectivity index (χ0n) is 10.5. The Morgan fingerprint density at radius 3 is 2.44 bits per heavy atom. The molecule has 4 nitrogen and oxygen atoms in total. The highest BCUT2D eigenvalue weighted by atomic mass is 32.2. The fraction of sp³-hybridized carbons (Fsp3) is 1.00. The molecule has 2 atom stereocenters. The summed E-state index contributed by atoms with van der Waals surface area (Å²) in [6.07, 6.45) is 0.772. The Bertz CT molecular complexity index is 314. The second kappa shape index (κ2) is 5.47. The van der Waals surface area contributed by atoms with Crippen LogP contribution in [-0.2, 0) is 9.84 Å². The highest BCUT2D eigenvalue weighted by Gasteiger charge is 2.31. The van der Waals surface area contributed by atoms with Gasteiger partial charge in [0.1, 0.15) is 0 Å². The number of sulfone groups is 1. The van der Waals surface area contributed by atoms with Gasteiger partial charge < -0.3 is 10.6 Å². The van der Waals surface area contributed by atoms with Crippen molar-refractivity contribution >= 4 is 9.84 Å². The molecule has 16 heavy (non-hydrogen) atoms. The van der Waals surface area contributed by atoms with Gasteiger partial charge in [0.25, 0.3) is 0 Å². The molecule has 0 aliphatic carbocycles. The van der Waals surface area contributed by atoms with E-state index in [2.05, 4.69) is 18.7 Å². The summed E-state index contributed by atoms with van der Waals surface area (Å²) in [6.45, 7) is 5.89. The molecule has 1 heterocycles. The SMILES string of the molecule is CC(C)C(CN)CN(C)C1CCS(=O)(=O)C1. The number of hydrogen-bond donors (Lipinski definition) is 1. The summed E-state index contributed by atoms with van der Waals surface area (Å²) < 4.78 is 22.8. The number of hydrogen-bond acceptors (Lipinski definition) is 4. The first kappa shape index (κ1) is 13.9. The molecule has 5 heteroatoms. The van der Waals surface area contributed by atoms with Gasteiger partial charge in [-0.25, -0.2) is 8.42 Å². The topological polar surface area (TPSA) is 63.4 Å². The third-order valence-electron chi connectivity index (χ3n) is 3.60. The van der Waals surface area contributed by atoms with Crippen LogP contribution in [0.3, 0.4) is 0 Å². The third kappa shape index (κ3) is 3.71. The Morgan fingerprint density at radius 2 is 2.06 bits per heavy atom. The molecule has 1 rings (SSSR count). The van der Waals surface area contributed by atoms with Gasteiger partial charge in [-0.3, -0.25) is 0 Å². The van der Waals surface area contributed by atoms with E-state index in [4.69, 9.17) is 5.73 Å². The van der Waals surface area contributed by atoms with E-state index in [1.54, 1.807) is 0 Å². The minimum absolute atomic E-state index is 0.192. The molecule has 96 valence electrons. The number of rotatable bonds is 5. The lowest BCUT2D eigenvalue weighted by molar-refractivity contribution is 0.197. The van der Waals surface area contributed by atoms with Gasteiger partial charge in [-0.1, -0.05) is 13.8 Å². The molecule has 1 fully saturated rings. The van der Waals surface area contributed by atoms with Crippen molar-refractivity contribution in [3.8, 4) is 0 Å². The Morgan fingerprint density at radius 1 is 1.44 bits per heavy atom. The lowest BCUT2D eigenvalue weighted by atomic mass is 9.95. The molecule has 0 aromatic heterocycles. The molecule has 2 N–H and O–H groups in total. The van der Waals surface area contributed by atoms with Gasteiger partial charge in [0.2, 0.25) is 0 Å². The Labute approximate surface area is 99.1 Å². The van der Waals surface area contributed by atoms with Crippen molar-refractivity contribution in [1.82, 2.24) is 4.90 Å². The third-order valence-corrected chi connectivity index (χ3v) is 5.35. The van der Waals surface area contributed by atoms with E-state index < -0.39 is 9.84 Å². The van der Waals surface area contributed by atoms with Crippen molar-refractivity contribution < 1.29 is 8.42 Å². The normalized spacial score (nSPS) is 26.5. The van der Waals surface area contributed by atoms with Crippen LogP contribution in [0.5, 0.6) is 0 Å². The van der Waals surface area contributed by atoms with E-state index in [9.17, 15) is 8.42 Å². The standard InChI is InChI=1S/C11H24N2O2S/c1-9(2)10(6-12)7-13(3)11-4-5-16(14,15)8-11/h9-11H,4-8,12H2,1-3H3. The van der Waals surface area contributed by atoms with Crippen LogP contribution in [0, 0.1) is 11.8 Å². The molecule has 0 spiro atoms. The zero-order chi connectivity index (χ0) is 12.3. The van der Waals surface area contributed by atoms with Gasteiger partial charge in [0.05, 0.1) is 11.5 Å². The molecule has 1 aliphatic rings. The molecule has 0 amide bonds. The Hall–Kier alpha value is -0.130. The van der Waals surface area contributed by atoms with Gasteiger partial charge in [-0.15, -0.1) is 0 Å². The summed E-state index contributed by atoms with van der Waals surface area (Å²) >= 11 is 0. The van der Waals surface area contributed by atoms with Crippen molar-refractivity contribution in [2.75, 3.05) is 31.6 Å². The second-order valence-electron chi connectivity index (χ2n) is 5.24. The largest absolute Gasteiger partial charge is 0.330 e. The highest BCUT2D eigenvalue weighted by Crippen LogP contribution is 2.19. The number of nitrogens with two attached hydrogens (primary N) is 1. The molecule has 1 saturated heterocycles. The number of nitrogens with zero attached hydrogens (tertiary/aromatic N) is 1. The first-order valence-corrected chi connectivity index (χ1v) is 7.78. The maximum absolute atomic E-state index is 11.4. The molecule has 1 aliphatic heterocycles. The average molecular weight is 248 g/mol. The molecule has 0 aromatic rings. The van der Waals surface area contributed by atoms with E-state index in [0.717, 1.165) is 13.0 Å². The highest BCUT2D eigenvalue weighted by molar-refractivity contribution is 7.91. The quantitative estimate of drug-likeness (QED) is 0.762. The maximum atomic E-state index is 11.4. The molecular weight excluding hydrogens is 224 g/mol. The van der Waals surface area contributed by atoms with E-state index in [0.29, 0.717) is 29.9 Å². The Balaban J connectivity index is 2.50. The second-order valence-corrected chi connectivity index (χ2v) is 7.46. The summed E-state index contributed by atoms with van der Waals surface area (Å²) in [7, 11) is -0.766. The zero-order valence-corrected chi connectivity index (χ0v) is 11.3. The van der Waals surface area contributed by atoms with Crippen molar-refractivity contribution in [2.45, 2.75) is 26.3 Å². The summed E-state index contributed by atoms with van der Waals surface area (Å²) in [5.74, 6) is 1.66. The van der Waals surface area contributed by atoms with E-state index >= 15 is 0 Å². The molecule has 0 saturated carbocycles. The van der Waals surface area contributed by atoms with Crippen molar-refractivity contribution in [2.24, 2.45) is 17.6 Å². The van der Waals surface area contributed by atoms with E-state index in [-0.39, 0.29) is 6.04 Å². The van der Waals surface area contributed by atoms with Crippen LogP contribution < -0.4 is 5.73 Å². The van der Waals surface area contributed by atoms with Crippen molar-refractivity contribution in [1.29, 1.82) is 0 Å². The lowest BCUT2D eigenvalue weighted by Crippen LogP contribution is -2.39. The van der Waals surface area contributed by atoms with Crippen LogP contribution in [0.2, 0.25) is 0 Å². The smallest absolute Gasteiger partial charge is 0.151 e. The van der Waals surface area contributed by atoms with Gasteiger partial charge in [0.15, 0.2) is 9.84 Å². The van der Waals surface area contributed by atoms with Crippen LogP contribution in [-0.4, -0.2) is 51.0 Å². The monoisotopic (exact) mass is 248 g/mol. The van der Waals surface area contributed by atoms with Gasteiger partial charge in [-0.2, -0.15) is 0 Å². The van der Waals surface area contributed by atoms with Crippen molar-refractivity contribution in [3.63, 3.8) is 0 Å². The van der Waals surface area contributed by atoms with Gasteiger partial charge in [-0.05, 0) is 31.8 Å².